The van der Waals surface area contributed by atoms with E-state index in [1.165, 1.54) is 86.6 Å². The van der Waals surface area contributed by atoms with Gasteiger partial charge in [0.15, 0.2) is 8.07 Å². The molecule has 0 amide bonds. The van der Waals surface area contributed by atoms with E-state index in [9.17, 15) is 0 Å². The van der Waals surface area contributed by atoms with Crippen LogP contribution in [0.25, 0.3) is 77.2 Å². The highest BCUT2D eigenvalue weighted by Crippen LogP contribution is 2.41. The van der Waals surface area contributed by atoms with Crippen molar-refractivity contribution in [3.05, 3.63) is 255 Å². The standard InChI is InChI=1S/C60H42N2Si/c1-5-22-43(23-6-1)49-32-13-14-33-50(49)44-24-19-25-45(42-44)61-54-37-17-15-34-51(54)52-36-20-40-57(60(52)61)62-55-38-18-16-35-53(55)59-56(62)39-21-41-58(59)63(46-26-7-2-8-27-46,47-28-9-3-10-29-47)48-30-11-4-12-31-48/h1-42H. The first-order chi connectivity index (χ1) is 31.3. The Bertz CT molecular complexity index is 3510. The summed E-state index contributed by atoms with van der Waals surface area (Å²) in [6, 6.07) is 94.2. The third kappa shape index (κ3) is 5.78. The molecule has 10 aromatic carbocycles. The number of hydrogen-bond donors (Lipinski definition) is 0. The molecule has 0 atom stereocenters. The summed E-state index contributed by atoms with van der Waals surface area (Å²) in [4.78, 5) is 0. The van der Waals surface area contributed by atoms with E-state index in [0.717, 1.165) is 11.4 Å². The molecule has 12 aromatic rings. The molecule has 296 valence electrons. The van der Waals surface area contributed by atoms with Crippen LogP contribution in [-0.4, -0.2) is 17.2 Å². The molecule has 0 unspecified atom stereocenters. The van der Waals surface area contributed by atoms with E-state index < -0.39 is 8.07 Å². The Morgan fingerprint density at radius 3 is 1.41 bits per heavy atom. The van der Waals surface area contributed by atoms with Crippen LogP contribution in [0.1, 0.15) is 0 Å². The van der Waals surface area contributed by atoms with Crippen molar-refractivity contribution in [2.24, 2.45) is 0 Å². The SMILES string of the molecule is c1ccc(-c2ccccc2-c2cccc(-n3c4ccccc4c4cccc(-n5c6ccccc6c6c([Si](c7ccccc7)(c7ccccc7)c7ccccc7)cccc65)c43)c2)cc1. The van der Waals surface area contributed by atoms with Crippen LogP contribution in [0.4, 0.5) is 0 Å². The average molecular weight is 819 g/mol. The number of fused-ring (bicyclic) bond motifs is 6. The highest BCUT2D eigenvalue weighted by Gasteiger charge is 2.43. The molecule has 0 bridgehead atoms. The molecule has 0 saturated heterocycles. The number of hydrogen-bond acceptors (Lipinski definition) is 0. The summed E-state index contributed by atoms with van der Waals surface area (Å²) in [6.45, 7) is 0. The fourth-order valence-corrected chi connectivity index (χ4v) is 15.5. The fourth-order valence-electron chi connectivity index (χ4n) is 10.5. The van der Waals surface area contributed by atoms with Crippen molar-refractivity contribution in [1.82, 2.24) is 9.13 Å². The molecule has 0 aliphatic carbocycles. The molecular weight excluding hydrogens is 777 g/mol. The van der Waals surface area contributed by atoms with E-state index in [0.29, 0.717) is 0 Å². The zero-order valence-electron chi connectivity index (χ0n) is 34.6. The maximum atomic E-state index is 2.54. The molecule has 0 aliphatic heterocycles. The summed E-state index contributed by atoms with van der Waals surface area (Å²) < 4.78 is 5.04. The van der Waals surface area contributed by atoms with Crippen molar-refractivity contribution in [1.29, 1.82) is 0 Å². The molecule has 0 saturated carbocycles. The summed E-state index contributed by atoms with van der Waals surface area (Å²) in [6.07, 6.45) is 0. The normalized spacial score (nSPS) is 11.8. The molecule has 2 heterocycles. The van der Waals surface area contributed by atoms with Crippen LogP contribution in [-0.2, 0) is 0 Å². The van der Waals surface area contributed by atoms with Gasteiger partial charge in [0, 0.05) is 27.2 Å². The van der Waals surface area contributed by atoms with Gasteiger partial charge in [-0.3, -0.25) is 0 Å². The molecule has 0 N–H and O–H groups in total. The van der Waals surface area contributed by atoms with Gasteiger partial charge in [0.1, 0.15) is 0 Å². The number of rotatable bonds is 8. The molecule has 0 radical (unpaired) electrons. The number of benzene rings is 10. The predicted octanol–water partition coefficient (Wildman–Crippen LogP) is 12.6. The minimum Gasteiger partial charge on any atom is -0.307 e. The van der Waals surface area contributed by atoms with Gasteiger partial charge in [-0.15, -0.1) is 0 Å². The van der Waals surface area contributed by atoms with E-state index in [2.05, 4.69) is 264 Å². The Morgan fingerprint density at radius 2 is 0.762 bits per heavy atom. The Kier molecular flexibility index (Phi) is 8.87. The van der Waals surface area contributed by atoms with E-state index in [-0.39, 0.29) is 0 Å². The molecule has 2 aromatic heterocycles. The van der Waals surface area contributed by atoms with Gasteiger partial charge in [-0.2, -0.15) is 0 Å². The summed E-state index contributed by atoms with van der Waals surface area (Å²) >= 11 is 0. The monoisotopic (exact) mass is 818 g/mol. The molecule has 2 nitrogen and oxygen atoms in total. The molecule has 63 heavy (non-hydrogen) atoms. The van der Waals surface area contributed by atoms with Crippen LogP contribution >= 0.6 is 0 Å². The first-order valence-corrected chi connectivity index (χ1v) is 23.8. The van der Waals surface area contributed by atoms with Gasteiger partial charge in [-0.25, -0.2) is 0 Å². The number of nitrogens with zero attached hydrogens (tertiary/aromatic N) is 2. The van der Waals surface area contributed by atoms with E-state index in [4.69, 9.17) is 0 Å². The number of para-hydroxylation sites is 3. The Hall–Kier alpha value is -7.98. The first kappa shape index (κ1) is 36.8. The van der Waals surface area contributed by atoms with Crippen molar-refractivity contribution in [3.8, 4) is 33.6 Å². The van der Waals surface area contributed by atoms with Crippen molar-refractivity contribution in [3.63, 3.8) is 0 Å². The zero-order chi connectivity index (χ0) is 41.7. The van der Waals surface area contributed by atoms with Crippen LogP contribution in [0.5, 0.6) is 0 Å². The van der Waals surface area contributed by atoms with Crippen LogP contribution < -0.4 is 20.7 Å². The van der Waals surface area contributed by atoms with Crippen molar-refractivity contribution >= 4 is 72.4 Å². The van der Waals surface area contributed by atoms with Gasteiger partial charge < -0.3 is 9.13 Å². The Morgan fingerprint density at radius 1 is 0.302 bits per heavy atom. The van der Waals surface area contributed by atoms with Gasteiger partial charge in [0.2, 0.25) is 0 Å². The van der Waals surface area contributed by atoms with Crippen molar-refractivity contribution in [2.75, 3.05) is 0 Å². The van der Waals surface area contributed by atoms with Crippen LogP contribution in [0, 0.1) is 0 Å². The highest BCUT2D eigenvalue weighted by molar-refractivity contribution is 7.20. The van der Waals surface area contributed by atoms with Gasteiger partial charge in [-0.1, -0.05) is 218 Å². The van der Waals surface area contributed by atoms with Crippen LogP contribution in [0.15, 0.2) is 255 Å². The van der Waals surface area contributed by atoms with E-state index >= 15 is 0 Å². The topological polar surface area (TPSA) is 9.86 Å². The zero-order valence-corrected chi connectivity index (χ0v) is 35.6. The van der Waals surface area contributed by atoms with E-state index in [1.807, 2.05) is 0 Å². The lowest BCUT2D eigenvalue weighted by atomic mass is 9.94. The smallest absolute Gasteiger partial charge is 0.180 e. The van der Waals surface area contributed by atoms with Crippen LogP contribution in [0.3, 0.4) is 0 Å². The van der Waals surface area contributed by atoms with E-state index in [1.54, 1.807) is 0 Å². The fraction of sp³-hybridized carbons (Fsp3) is 0. The minimum absolute atomic E-state index is 1.12. The highest BCUT2D eigenvalue weighted by atomic mass is 28.3. The van der Waals surface area contributed by atoms with Crippen molar-refractivity contribution < 1.29 is 0 Å². The molecule has 0 spiro atoms. The second-order valence-electron chi connectivity index (χ2n) is 16.4. The molecule has 3 heteroatoms. The summed E-state index contributed by atoms with van der Waals surface area (Å²) in [5.74, 6) is 0. The predicted molar refractivity (Wildman–Crippen MR) is 270 cm³/mol. The maximum absolute atomic E-state index is 2.90. The van der Waals surface area contributed by atoms with Gasteiger partial charge in [0.05, 0.1) is 27.8 Å². The summed E-state index contributed by atoms with van der Waals surface area (Å²) in [5, 5.41) is 10.5. The second-order valence-corrected chi connectivity index (χ2v) is 20.2. The lowest BCUT2D eigenvalue weighted by Crippen LogP contribution is -2.74. The Labute approximate surface area is 368 Å². The third-order valence-corrected chi connectivity index (χ3v) is 17.9. The third-order valence-electron chi connectivity index (χ3n) is 13.1. The largest absolute Gasteiger partial charge is 0.307 e. The minimum atomic E-state index is -2.90. The lowest BCUT2D eigenvalue weighted by Gasteiger charge is -2.35. The molecule has 0 fully saturated rings. The molecular formula is C60H42N2Si. The van der Waals surface area contributed by atoms with Crippen LogP contribution in [0.2, 0.25) is 0 Å². The lowest BCUT2D eigenvalue weighted by molar-refractivity contribution is 1.13. The summed E-state index contributed by atoms with van der Waals surface area (Å²) in [7, 11) is -2.90. The molecule has 12 rings (SSSR count). The maximum Gasteiger partial charge on any atom is 0.180 e. The van der Waals surface area contributed by atoms with Gasteiger partial charge in [0.25, 0.3) is 0 Å². The quantitative estimate of drug-likeness (QED) is 0.107. The average Bonchev–Trinajstić information content (AvgIpc) is 3.89. The molecule has 0 aliphatic rings. The van der Waals surface area contributed by atoms with Gasteiger partial charge in [-0.05, 0) is 79.4 Å². The van der Waals surface area contributed by atoms with Gasteiger partial charge >= 0.3 is 0 Å². The number of aromatic nitrogens is 2. The first-order valence-electron chi connectivity index (χ1n) is 21.8. The Balaban J connectivity index is 1.17. The summed E-state index contributed by atoms with van der Waals surface area (Å²) in [5.41, 5.74) is 11.8. The second kappa shape index (κ2) is 15.2. The van der Waals surface area contributed by atoms with Crippen molar-refractivity contribution in [2.45, 2.75) is 0 Å².